The largest absolute Gasteiger partial charge is 0.207 e. The summed E-state index contributed by atoms with van der Waals surface area (Å²) in [5, 5.41) is 8.94. The Hall–Kier alpha value is -1.01. The van der Waals surface area contributed by atoms with Gasteiger partial charge in [0.15, 0.2) is 0 Å². The molecule has 0 aliphatic carbocycles. The van der Waals surface area contributed by atoms with Gasteiger partial charge in [0, 0.05) is 0 Å². The van der Waals surface area contributed by atoms with Crippen LogP contribution in [-0.2, 0) is 4.75 Å². The van der Waals surface area contributed by atoms with Crippen LogP contribution in [-0.4, -0.2) is 6.26 Å². The first-order valence-corrected chi connectivity index (χ1v) is 5.07. The van der Waals surface area contributed by atoms with Gasteiger partial charge in [0.05, 0.1) is 6.07 Å². The summed E-state index contributed by atoms with van der Waals surface area (Å²) in [4.78, 5) is 0. The number of thioether (sulfide) groups is 1. The molecule has 1 aromatic carbocycles. The third-order valence-electron chi connectivity index (χ3n) is 2.02. The van der Waals surface area contributed by atoms with E-state index >= 15 is 0 Å². The smallest absolute Gasteiger partial charge is 0.124 e. The Morgan fingerprint density at radius 2 is 1.92 bits per heavy atom. The number of hydrogen-bond acceptors (Lipinski definition) is 2. The molecule has 1 unspecified atom stereocenters. The van der Waals surface area contributed by atoms with Crippen LogP contribution in [0.1, 0.15) is 12.5 Å². The molecule has 0 aliphatic heterocycles. The van der Waals surface area contributed by atoms with Crippen LogP contribution in [0.5, 0.6) is 0 Å². The van der Waals surface area contributed by atoms with Crippen LogP contribution < -0.4 is 0 Å². The normalized spacial score (nSPS) is 14.6. The summed E-state index contributed by atoms with van der Waals surface area (Å²) in [6.07, 6.45) is 1.87. The van der Waals surface area contributed by atoms with Crippen LogP contribution >= 0.6 is 11.8 Å². The van der Waals surface area contributed by atoms with E-state index in [1.54, 1.807) is 12.1 Å². The van der Waals surface area contributed by atoms with E-state index in [1.807, 2.05) is 13.2 Å². The maximum Gasteiger partial charge on any atom is 0.124 e. The highest BCUT2D eigenvalue weighted by Gasteiger charge is 2.24. The summed E-state index contributed by atoms with van der Waals surface area (Å²) in [5.74, 6) is -0.273. The van der Waals surface area contributed by atoms with Crippen molar-refractivity contribution in [3.8, 4) is 6.07 Å². The van der Waals surface area contributed by atoms with Crippen LogP contribution in [0.4, 0.5) is 4.39 Å². The zero-order valence-corrected chi connectivity index (χ0v) is 8.36. The van der Waals surface area contributed by atoms with Gasteiger partial charge in [0.25, 0.3) is 0 Å². The van der Waals surface area contributed by atoms with E-state index in [4.69, 9.17) is 5.26 Å². The quantitative estimate of drug-likeness (QED) is 0.724. The minimum atomic E-state index is -0.576. The molecule has 0 heterocycles. The highest BCUT2D eigenvalue weighted by atomic mass is 32.2. The van der Waals surface area contributed by atoms with Crippen molar-refractivity contribution in [2.45, 2.75) is 11.7 Å². The Labute approximate surface area is 81.6 Å². The van der Waals surface area contributed by atoms with Gasteiger partial charge in [-0.2, -0.15) is 5.26 Å². The molecule has 0 saturated heterocycles. The van der Waals surface area contributed by atoms with E-state index in [9.17, 15) is 4.39 Å². The number of nitriles is 1. The predicted octanol–water partition coefficient (Wildman–Crippen LogP) is 2.93. The molecule has 0 N–H and O–H groups in total. The van der Waals surface area contributed by atoms with Crippen molar-refractivity contribution in [2.24, 2.45) is 0 Å². The second kappa shape index (κ2) is 3.80. The molecule has 0 amide bonds. The number of nitrogens with zero attached hydrogens (tertiary/aromatic N) is 1. The fourth-order valence-electron chi connectivity index (χ4n) is 0.996. The van der Waals surface area contributed by atoms with E-state index < -0.39 is 4.75 Å². The Bertz CT molecular complexity index is 328. The minimum absolute atomic E-state index is 0.273. The van der Waals surface area contributed by atoms with Crippen LogP contribution in [0.25, 0.3) is 0 Å². The average Bonchev–Trinajstić information content (AvgIpc) is 2.18. The predicted molar refractivity (Wildman–Crippen MR) is 52.9 cm³/mol. The van der Waals surface area contributed by atoms with E-state index in [2.05, 4.69) is 6.07 Å². The van der Waals surface area contributed by atoms with Crippen molar-refractivity contribution in [1.29, 1.82) is 5.26 Å². The van der Waals surface area contributed by atoms with E-state index in [-0.39, 0.29) is 5.82 Å². The molecule has 13 heavy (non-hydrogen) atoms. The van der Waals surface area contributed by atoms with Crippen molar-refractivity contribution in [3.63, 3.8) is 0 Å². The molecule has 0 fully saturated rings. The Balaban J connectivity index is 3.08. The van der Waals surface area contributed by atoms with Gasteiger partial charge in [-0.3, -0.25) is 0 Å². The van der Waals surface area contributed by atoms with Crippen molar-refractivity contribution < 1.29 is 4.39 Å². The van der Waals surface area contributed by atoms with E-state index in [0.717, 1.165) is 5.56 Å². The highest BCUT2D eigenvalue weighted by Crippen LogP contribution is 2.33. The Kier molecular flexibility index (Phi) is 2.94. The number of benzene rings is 1. The average molecular weight is 195 g/mol. The topological polar surface area (TPSA) is 23.8 Å². The first kappa shape index (κ1) is 10.1. The van der Waals surface area contributed by atoms with Crippen molar-refractivity contribution in [1.82, 2.24) is 0 Å². The lowest BCUT2D eigenvalue weighted by Crippen LogP contribution is -2.13. The lowest BCUT2D eigenvalue weighted by molar-refractivity contribution is 0.626. The fraction of sp³-hybridized carbons (Fsp3) is 0.300. The zero-order valence-electron chi connectivity index (χ0n) is 7.54. The summed E-state index contributed by atoms with van der Waals surface area (Å²) >= 11 is 1.45. The Morgan fingerprint density at radius 1 is 1.38 bits per heavy atom. The van der Waals surface area contributed by atoms with Gasteiger partial charge in [-0.05, 0) is 30.9 Å². The lowest BCUT2D eigenvalue weighted by Gasteiger charge is -2.18. The van der Waals surface area contributed by atoms with Gasteiger partial charge >= 0.3 is 0 Å². The van der Waals surface area contributed by atoms with Crippen LogP contribution in [0.3, 0.4) is 0 Å². The molecule has 1 nitrogen and oxygen atoms in total. The summed E-state index contributed by atoms with van der Waals surface area (Å²) < 4.78 is 12.0. The second-order valence-corrected chi connectivity index (χ2v) is 4.08. The fourth-order valence-corrected chi connectivity index (χ4v) is 1.46. The van der Waals surface area contributed by atoms with Gasteiger partial charge < -0.3 is 0 Å². The third kappa shape index (κ3) is 2.02. The Morgan fingerprint density at radius 3 is 2.31 bits per heavy atom. The molecular formula is C10H10FNS. The number of halogens is 1. The van der Waals surface area contributed by atoms with Gasteiger partial charge in [0.1, 0.15) is 10.6 Å². The standard InChI is InChI=1S/C10H10FNS/c1-10(7-12,13-2)8-3-5-9(11)6-4-8/h3-6H,1-2H3. The van der Waals surface area contributed by atoms with E-state index in [1.165, 1.54) is 23.9 Å². The number of rotatable bonds is 2. The van der Waals surface area contributed by atoms with Crippen molar-refractivity contribution >= 4 is 11.8 Å². The highest BCUT2D eigenvalue weighted by molar-refractivity contribution is 7.99. The summed E-state index contributed by atoms with van der Waals surface area (Å²) in [5.41, 5.74) is 0.837. The maximum atomic E-state index is 12.6. The second-order valence-electron chi connectivity index (χ2n) is 2.86. The first-order valence-electron chi connectivity index (χ1n) is 3.85. The zero-order chi connectivity index (χ0) is 9.90. The van der Waals surface area contributed by atoms with Gasteiger partial charge in [0.2, 0.25) is 0 Å². The maximum absolute atomic E-state index is 12.6. The van der Waals surface area contributed by atoms with Crippen LogP contribution in [0.2, 0.25) is 0 Å². The minimum Gasteiger partial charge on any atom is -0.207 e. The third-order valence-corrected chi connectivity index (χ3v) is 3.16. The molecule has 0 radical (unpaired) electrons. The number of hydrogen-bond donors (Lipinski definition) is 0. The molecule has 3 heteroatoms. The van der Waals surface area contributed by atoms with Gasteiger partial charge in [-0.25, -0.2) is 4.39 Å². The molecule has 0 bridgehead atoms. The molecule has 0 spiro atoms. The first-order chi connectivity index (χ1) is 6.12. The molecule has 1 atom stereocenters. The molecule has 0 aromatic heterocycles. The van der Waals surface area contributed by atoms with Crippen molar-refractivity contribution in [2.75, 3.05) is 6.26 Å². The molecular weight excluding hydrogens is 185 g/mol. The van der Waals surface area contributed by atoms with Crippen molar-refractivity contribution in [3.05, 3.63) is 35.6 Å². The molecule has 1 rings (SSSR count). The monoisotopic (exact) mass is 195 g/mol. The lowest BCUT2D eigenvalue weighted by atomic mass is 10.0. The van der Waals surface area contributed by atoms with Crippen LogP contribution in [0.15, 0.2) is 24.3 Å². The molecule has 0 saturated carbocycles. The molecule has 0 aliphatic rings. The summed E-state index contributed by atoms with van der Waals surface area (Å²) in [6, 6.07) is 8.25. The summed E-state index contributed by atoms with van der Waals surface area (Å²) in [7, 11) is 0. The molecule has 1 aromatic rings. The van der Waals surface area contributed by atoms with E-state index in [0.29, 0.717) is 0 Å². The van der Waals surface area contributed by atoms with Gasteiger partial charge in [-0.15, -0.1) is 11.8 Å². The van der Waals surface area contributed by atoms with Gasteiger partial charge in [-0.1, -0.05) is 12.1 Å². The molecule has 68 valence electrons. The summed E-state index contributed by atoms with van der Waals surface area (Å²) in [6.45, 7) is 1.82. The van der Waals surface area contributed by atoms with Crippen LogP contribution in [0, 0.1) is 17.1 Å². The SMILES string of the molecule is CSC(C)(C#N)c1ccc(F)cc1.